The van der Waals surface area contributed by atoms with Crippen molar-refractivity contribution >= 4 is 39.3 Å². The molecule has 2 N–H and O–H groups in total. The van der Waals surface area contributed by atoms with E-state index in [0.29, 0.717) is 5.75 Å². The predicted molar refractivity (Wildman–Crippen MR) is 66.0 cm³/mol. The lowest BCUT2D eigenvalue weighted by Gasteiger charge is -2.07. The van der Waals surface area contributed by atoms with Gasteiger partial charge in [0, 0.05) is 15.1 Å². The van der Waals surface area contributed by atoms with Crippen LogP contribution in [0.3, 0.4) is 0 Å². The zero-order chi connectivity index (χ0) is 11.4. The van der Waals surface area contributed by atoms with E-state index >= 15 is 0 Å². The largest absolute Gasteiger partial charge is 0.468 e. The zero-order valence-corrected chi connectivity index (χ0v) is 10.9. The van der Waals surface area contributed by atoms with Crippen molar-refractivity contribution in [1.29, 1.82) is 0 Å². The summed E-state index contributed by atoms with van der Waals surface area (Å²) < 4.78 is 5.47. The van der Waals surface area contributed by atoms with Gasteiger partial charge >= 0.3 is 5.97 Å². The molecule has 0 aliphatic heterocycles. The molecule has 0 unspecified atom stereocenters. The SMILES string of the molecule is COC(=O)CSc1cc(C)c(N)cc1Br. The molecule has 0 bridgehead atoms. The van der Waals surface area contributed by atoms with Gasteiger partial charge in [0.25, 0.3) is 0 Å². The van der Waals surface area contributed by atoms with Gasteiger partial charge in [-0.25, -0.2) is 0 Å². The summed E-state index contributed by atoms with van der Waals surface area (Å²) in [5.74, 6) is 0.0692. The van der Waals surface area contributed by atoms with E-state index < -0.39 is 0 Å². The van der Waals surface area contributed by atoms with Gasteiger partial charge in [-0.3, -0.25) is 4.79 Å². The van der Waals surface area contributed by atoms with E-state index in [4.69, 9.17) is 5.73 Å². The normalized spacial score (nSPS) is 10.1. The number of nitrogens with two attached hydrogens (primary N) is 1. The van der Waals surface area contributed by atoms with Crippen molar-refractivity contribution < 1.29 is 9.53 Å². The molecule has 1 aromatic rings. The van der Waals surface area contributed by atoms with E-state index in [2.05, 4.69) is 20.7 Å². The van der Waals surface area contributed by atoms with Gasteiger partial charge in [-0.2, -0.15) is 0 Å². The number of carbonyl (C=O) groups excluding carboxylic acids is 1. The molecule has 0 saturated heterocycles. The van der Waals surface area contributed by atoms with Crippen LogP contribution in [0.15, 0.2) is 21.5 Å². The Bertz CT molecular complexity index is 382. The number of nitrogen functional groups attached to an aromatic ring is 1. The average molecular weight is 290 g/mol. The smallest absolute Gasteiger partial charge is 0.315 e. The third-order valence-electron chi connectivity index (χ3n) is 1.89. The third kappa shape index (κ3) is 3.43. The molecule has 0 spiro atoms. The van der Waals surface area contributed by atoms with E-state index in [-0.39, 0.29) is 5.97 Å². The van der Waals surface area contributed by atoms with Gasteiger partial charge in [0.2, 0.25) is 0 Å². The summed E-state index contributed by atoms with van der Waals surface area (Å²) >= 11 is 4.83. The first-order valence-corrected chi connectivity index (χ1v) is 6.07. The highest BCUT2D eigenvalue weighted by atomic mass is 79.9. The third-order valence-corrected chi connectivity index (χ3v) is 3.84. The van der Waals surface area contributed by atoms with Gasteiger partial charge in [-0.1, -0.05) is 0 Å². The summed E-state index contributed by atoms with van der Waals surface area (Å²) in [6.45, 7) is 1.93. The van der Waals surface area contributed by atoms with Crippen molar-refractivity contribution in [3.63, 3.8) is 0 Å². The first kappa shape index (κ1) is 12.4. The minimum Gasteiger partial charge on any atom is -0.468 e. The maximum absolute atomic E-state index is 11.0. The summed E-state index contributed by atoms with van der Waals surface area (Å²) in [5.41, 5.74) is 7.49. The number of methoxy groups -OCH3 is 1. The number of aryl methyl sites for hydroxylation is 1. The molecule has 1 aromatic carbocycles. The van der Waals surface area contributed by atoms with Crippen LogP contribution in [0.25, 0.3) is 0 Å². The van der Waals surface area contributed by atoms with E-state index in [1.54, 1.807) is 0 Å². The van der Waals surface area contributed by atoms with Gasteiger partial charge in [0.1, 0.15) is 0 Å². The summed E-state index contributed by atoms with van der Waals surface area (Å²) in [5, 5.41) is 0. The van der Waals surface area contributed by atoms with Gasteiger partial charge in [-0.15, -0.1) is 11.8 Å². The Kier molecular flexibility index (Phi) is 4.47. The Hall–Kier alpha value is -0.680. The fraction of sp³-hybridized carbons (Fsp3) is 0.300. The number of anilines is 1. The first-order valence-electron chi connectivity index (χ1n) is 4.30. The fourth-order valence-electron chi connectivity index (χ4n) is 0.977. The topological polar surface area (TPSA) is 52.3 Å². The van der Waals surface area contributed by atoms with Gasteiger partial charge in [0.05, 0.1) is 12.9 Å². The number of hydrogen-bond donors (Lipinski definition) is 1. The fourth-order valence-corrected chi connectivity index (χ4v) is 2.53. The number of hydrogen-bond acceptors (Lipinski definition) is 4. The van der Waals surface area contributed by atoms with Crippen LogP contribution >= 0.6 is 27.7 Å². The number of rotatable bonds is 3. The first-order chi connectivity index (χ1) is 7.04. The highest BCUT2D eigenvalue weighted by molar-refractivity contribution is 9.10. The predicted octanol–water partition coefficient (Wildman–Crippen LogP) is 2.60. The monoisotopic (exact) mass is 289 g/mol. The van der Waals surface area contributed by atoms with Crippen molar-refractivity contribution in [2.24, 2.45) is 0 Å². The number of esters is 1. The van der Waals surface area contributed by atoms with Crippen LogP contribution in [0.5, 0.6) is 0 Å². The van der Waals surface area contributed by atoms with Crippen molar-refractivity contribution in [2.75, 3.05) is 18.6 Å². The van der Waals surface area contributed by atoms with Gasteiger partial charge in [-0.05, 0) is 40.5 Å². The van der Waals surface area contributed by atoms with Crippen molar-refractivity contribution in [3.05, 3.63) is 22.2 Å². The number of halogens is 1. The number of ether oxygens (including phenoxy) is 1. The molecule has 82 valence electrons. The summed E-state index contributed by atoms with van der Waals surface area (Å²) in [4.78, 5) is 12.0. The lowest BCUT2D eigenvalue weighted by Crippen LogP contribution is -2.03. The Labute approximate surface area is 101 Å². The molecule has 0 radical (unpaired) electrons. The molecule has 3 nitrogen and oxygen atoms in total. The quantitative estimate of drug-likeness (QED) is 0.528. The molecule has 0 atom stereocenters. The van der Waals surface area contributed by atoms with E-state index in [0.717, 1.165) is 20.6 Å². The maximum atomic E-state index is 11.0. The Balaban J connectivity index is 2.77. The van der Waals surface area contributed by atoms with Crippen molar-refractivity contribution in [2.45, 2.75) is 11.8 Å². The Morgan fingerprint density at radius 3 is 2.87 bits per heavy atom. The van der Waals surface area contributed by atoms with E-state index in [9.17, 15) is 4.79 Å². The molecule has 0 saturated carbocycles. The number of thioether (sulfide) groups is 1. The van der Waals surface area contributed by atoms with Gasteiger partial charge < -0.3 is 10.5 Å². The molecule has 0 aliphatic rings. The lowest BCUT2D eigenvalue weighted by atomic mass is 10.2. The van der Waals surface area contributed by atoms with E-state index in [1.807, 2.05) is 19.1 Å². The Morgan fingerprint density at radius 2 is 2.27 bits per heavy atom. The highest BCUT2D eigenvalue weighted by Gasteiger charge is 2.07. The minimum atomic E-state index is -0.235. The van der Waals surface area contributed by atoms with Gasteiger partial charge in [0.15, 0.2) is 0 Å². The molecule has 5 heteroatoms. The molecule has 15 heavy (non-hydrogen) atoms. The van der Waals surface area contributed by atoms with Crippen LogP contribution in [-0.4, -0.2) is 18.8 Å². The Morgan fingerprint density at radius 1 is 1.60 bits per heavy atom. The standard InChI is InChI=1S/C10H12BrNO2S/c1-6-3-9(7(11)4-8(6)12)15-5-10(13)14-2/h3-4H,5,12H2,1-2H3. The summed E-state index contributed by atoms with van der Waals surface area (Å²) in [6, 6.07) is 3.79. The molecule has 0 heterocycles. The molecular weight excluding hydrogens is 278 g/mol. The van der Waals surface area contributed by atoms with Crippen molar-refractivity contribution in [1.82, 2.24) is 0 Å². The molecular formula is C10H12BrNO2S. The summed E-state index contributed by atoms with van der Waals surface area (Å²) in [7, 11) is 1.38. The van der Waals surface area contributed by atoms with Crippen LogP contribution in [0.2, 0.25) is 0 Å². The molecule has 0 fully saturated rings. The van der Waals surface area contributed by atoms with Crippen LogP contribution in [0.4, 0.5) is 5.69 Å². The van der Waals surface area contributed by atoms with E-state index in [1.165, 1.54) is 18.9 Å². The zero-order valence-electron chi connectivity index (χ0n) is 8.54. The minimum absolute atomic E-state index is 0.235. The number of carbonyl (C=O) groups is 1. The second-order valence-electron chi connectivity index (χ2n) is 3.00. The van der Waals surface area contributed by atoms with Crippen molar-refractivity contribution in [3.8, 4) is 0 Å². The summed E-state index contributed by atoms with van der Waals surface area (Å²) in [6.07, 6.45) is 0. The van der Waals surface area contributed by atoms with Crippen LogP contribution in [-0.2, 0) is 9.53 Å². The maximum Gasteiger partial charge on any atom is 0.315 e. The van der Waals surface area contributed by atoms with Crippen LogP contribution in [0, 0.1) is 6.92 Å². The molecule has 1 rings (SSSR count). The molecule has 0 aromatic heterocycles. The van der Waals surface area contributed by atoms with Crippen LogP contribution < -0.4 is 5.73 Å². The lowest BCUT2D eigenvalue weighted by molar-refractivity contribution is -0.137. The second-order valence-corrected chi connectivity index (χ2v) is 4.88. The van der Waals surface area contributed by atoms with Crippen LogP contribution in [0.1, 0.15) is 5.56 Å². The molecule has 0 amide bonds. The molecule has 0 aliphatic carbocycles. The highest BCUT2D eigenvalue weighted by Crippen LogP contribution is 2.31. The second kappa shape index (κ2) is 5.42. The number of benzene rings is 1. The average Bonchev–Trinajstić information content (AvgIpc) is 2.21.